The van der Waals surface area contributed by atoms with E-state index in [1.54, 1.807) is 24.5 Å². The summed E-state index contributed by atoms with van der Waals surface area (Å²) in [6, 6.07) is 3.14. The molecule has 0 saturated heterocycles. The molecular weight excluding hydrogens is 280 g/mol. The largest absolute Gasteiger partial charge is 0.389 e. The highest BCUT2D eigenvalue weighted by Crippen LogP contribution is 2.30. The SMILES string of the molecule is Cc1nccn1[C@@H]1CCC[C@@H](NC(=O)c2cccnc2)[C@H]1O. The third kappa shape index (κ3) is 2.87. The number of hydrogen-bond donors (Lipinski definition) is 2. The molecule has 1 fully saturated rings. The van der Waals surface area contributed by atoms with E-state index in [0.717, 1.165) is 25.1 Å². The van der Waals surface area contributed by atoms with E-state index in [-0.39, 0.29) is 18.0 Å². The molecule has 0 radical (unpaired) electrons. The van der Waals surface area contributed by atoms with E-state index in [1.807, 2.05) is 17.7 Å². The molecule has 0 spiro atoms. The van der Waals surface area contributed by atoms with Crippen LogP contribution in [-0.2, 0) is 0 Å². The standard InChI is InChI=1S/C16H20N4O2/c1-11-18-8-9-20(11)14-6-2-5-13(15(14)21)19-16(22)12-4-3-7-17-10-12/h3-4,7-10,13-15,21H,2,5-6H2,1H3,(H,19,22)/t13-,14-,15-/m1/s1. The molecule has 1 aliphatic carbocycles. The number of nitrogens with zero attached hydrogens (tertiary/aromatic N) is 3. The number of imidazole rings is 1. The Kier molecular flexibility index (Phi) is 4.20. The normalized spacial score (nSPS) is 24.9. The number of nitrogens with one attached hydrogen (secondary N) is 1. The van der Waals surface area contributed by atoms with Crippen LogP contribution in [0.2, 0.25) is 0 Å². The second-order valence-corrected chi connectivity index (χ2v) is 5.69. The number of carbonyl (C=O) groups excluding carboxylic acids is 1. The summed E-state index contributed by atoms with van der Waals surface area (Å²) in [5.74, 6) is 0.684. The van der Waals surface area contributed by atoms with Crippen molar-refractivity contribution in [2.24, 2.45) is 0 Å². The number of carbonyl (C=O) groups is 1. The number of amides is 1. The lowest BCUT2D eigenvalue weighted by Gasteiger charge is -2.36. The van der Waals surface area contributed by atoms with Crippen LogP contribution in [0.3, 0.4) is 0 Å². The fraction of sp³-hybridized carbons (Fsp3) is 0.438. The van der Waals surface area contributed by atoms with E-state index in [1.165, 1.54) is 6.20 Å². The Bertz CT molecular complexity index is 641. The van der Waals surface area contributed by atoms with E-state index >= 15 is 0 Å². The van der Waals surface area contributed by atoms with Gasteiger partial charge < -0.3 is 15.0 Å². The number of pyridine rings is 1. The van der Waals surface area contributed by atoms with Gasteiger partial charge >= 0.3 is 0 Å². The monoisotopic (exact) mass is 300 g/mol. The van der Waals surface area contributed by atoms with Crippen molar-refractivity contribution in [3.05, 3.63) is 48.3 Å². The second-order valence-electron chi connectivity index (χ2n) is 5.69. The third-order valence-corrected chi connectivity index (χ3v) is 4.28. The Hall–Kier alpha value is -2.21. The van der Waals surface area contributed by atoms with Gasteiger partial charge in [0.15, 0.2) is 0 Å². The van der Waals surface area contributed by atoms with Crippen LogP contribution in [0.5, 0.6) is 0 Å². The Labute approximate surface area is 129 Å². The van der Waals surface area contributed by atoms with Crippen LogP contribution in [0.25, 0.3) is 0 Å². The van der Waals surface area contributed by atoms with E-state index in [2.05, 4.69) is 15.3 Å². The predicted molar refractivity (Wildman–Crippen MR) is 81.4 cm³/mol. The first kappa shape index (κ1) is 14.7. The Balaban J connectivity index is 1.72. The first-order valence-corrected chi connectivity index (χ1v) is 7.55. The molecule has 3 atom stereocenters. The smallest absolute Gasteiger partial charge is 0.253 e. The Morgan fingerprint density at radius 2 is 2.27 bits per heavy atom. The van der Waals surface area contributed by atoms with Gasteiger partial charge in [-0.1, -0.05) is 0 Å². The first-order chi connectivity index (χ1) is 10.7. The second kappa shape index (κ2) is 6.27. The molecular formula is C16H20N4O2. The quantitative estimate of drug-likeness (QED) is 0.899. The number of aliphatic hydroxyl groups is 1. The van der Waals surface area contributed by atoms with Crippen molar-refractivity contribution >= 4 is 5.91 Å². The molecule has 0 unspecified atom stereocenters. The molecule has 6 nitrogen and oxygen atoms in total. The van der Waals surface area contributed by atoms with Gasteiger partial charge in [0.05, 0.1) is 23.8 Å². The molecule has 1 saturated carbocycles. The molecule has 0 aliphatic heterocycles. The summed E-state index contributed by atoms with van der Waals surface area (Å²) in [7, 11) is 0. The minimum absolute atomic E-state index is 0.0459. The zero-order chi connectivity index (χ0) is 15.5. The highest BCUT2D eigenvalue weighted by atomic mass is 16.3. The van der Waals surface area contributed by atoms with Crippen LogP contribution >= 0.6 is 0 Å². The molecule has 2 heterocycles. The summed E-state index contributed by atoms with van der Waals surface area (Å²) in [5.41, 5.74) is 0.510. The van der Waals surface area contributed by atoms with Gasteiger partial charge in [-0.15, -0.1) is 0 Å². The number of rotatable bonds is 3. The van der Waals surface area contributed by atoms with Crippen LogP contribution < -0.4 is 5.32 Å². The van der Waals surface area contributed by atoms with Gasteiger partial charge in [-0.25, -0.2) is 4.98 Å². The summed E-state index contributed by atoms with van der Waals surface area (Å²) in [4.78, 5) is 20.4. The molecule has 2 N–H and O–H groups in total. The average Bonchev–Trinajstić information content (AvgIpc) is 2.96. The van der Waals surface area contributed by atoms with Crippen molar-refractivity contribution in [2.75, 3.05) is 0 Å². The lowest BCUT2D eigenvalue weighted by molar-refractivity contribution is 0.0392. The lowest BCUT2D eigenvalue weighted by atomic mass is 9.87. The Morgan fingerprint density at radius 1 is 1.41 bits per heavy atom. The van der Waals surface area contributed by atoms with Gasteiger partial charge in [-0.05, 0) is 38.3 Å². The lowest BCUT2D eigenvalue weighted by Crippen LogP contribution is -2.49. The van der Waals surface area contributed by atoms with Gasteiger partial charge in [-0.2, -0.15) is 0 Å². The summed E-state index contributed by atoms with van der Waals surface area (Å²) < 4.78 is 1.99. The van der Waals surface area contributed by atoms with E-state index in [4.69, 9.17) is 0 Å². The number of aryl methyl sites for hydroxylation is 1. The highest BCUT2D eigenvalue weighted by molar-refractivity contribution is 5.94. The van der Waals surface area contributed by atoms with Gasteiger partial charge in [0, 0.05) is 24.8 Å². The molecule has 2 aromatic rings. The van der Waals surface area contributed by atoms with Crippen LogP contribution in [0.1, 0.15) is 41.5 Å². The minimum Gasteiger partial charge on any atom is -0.389 e. The summed E-state index contributed by atoms with van der Waals surface area (Å²) in [6.07, 6.45) is 8.77. The van der Waals surface area contributed by atoms with Crippen LogP contribution in [-0.4, -0.2) is 37.7 Å². The van der Waals surface area contributed by atoms with Crippen LogP contribution in [0, 0.1) is 6.92 Å². The summed E-state index contributed by atoms with van der Waals surface area (Å²) >= 11 is 0. The highest BCUT2D eigenvalue weighted by Gasteiger charge is 2.34. The molecule has 0 aromatic carbocycles. The van der Waals surface area contributed by atoms with Crippen LogP contribution in [0.15, 0.2) is 36.9 Å². The van der Waals surface area contributed by atoms with Gasteiger partial charge in [0.1, 0.15) is 5.82 Å². The van der Waals surface area contributed by atoms with Crippen molar-refractivity contribution in [1.82, 2.24) is 19.9 Å². The maximum Gasteiger partial charge on any atom is 0.253 e. The van der Waals surface area contributed by atoms with Crippen LogP contribution in [0.4, 0.5) is 0 Å². The molecule has 1 aliphatic rings. The van der Waals surface area contributed by atoms with Crippen molar-refractivity contribution in [1.29, 1.82) is 0 Å². The van der Waals surface area contributed by atoms with Gasteiger partial charge in [-0.3, -0.25) is 9.78 Å². The molecule has 116 valence electrons. The third-order valence-electron chi connectivity index (χ3n) is 4.28. The maximum absolute atomic E-state index is 12.2. The van der Waals surface area contributed by atoms with Gasteiger partial charge in [0.25, 0.3) is 5.91 Å². The molecule has 2 aromatic heterocycles. The zero-order valence-corrected chi connectivity index (χ0v) is 12.5. The summed E-state index contributed by atoms with van der Waals surface area (Å²) in [6.45, 7) is 1.92. The zero-order valence-electron chi connectivity index (χ0n) is 12.5. The predicted octanol–water partition coefficient (Wildman–Crippen LogP) is 1.47. The fourth-order valence-electron chi connectivity index (χ4n) is 3.10. The molecule has 22 heavy (non-hydrogen) atoms. The number of hydrogen-bond acceptors (Lipinski definition) is 4. The molecule has 3 rings (SSSR count). The van der Waals surface area contributed by atoms with Gasteiger partial charge in [0.2, 0.25) is 0 Å². The minimum atomic E-state index is -0.623. The number of aromatic nitrogens is 3. The average molecular weight is 300 g/mol. The van der Waals surface area contributed by atoms with Crippen molar-refractivity contribution in [2.45, 2.75) is 44.4 Å². The molecule has 1 amide bonds. The summed E-state index contributed by atoms with van der Waals surface area (Å²) in [5, 5.41) is 13.6. The fourth-order valence-corrected chi connectivity index (χ4v) is 3.10. The topological polar surface area (TPSA) is 80.0 Å². The van der Waals surface area contributed by atoms with E-state index in [0.29, 0.717) is 5.56 Å². The van der Waals surface area contributed by atoms with Crippen molar-refractivity contribution in [3.8, 4) is 0 Å². The molecule has 0 bridgehead atoms. The van der Waals surface area contributed by atoms with Crippen molar-refractivity contribution < 1.29 is 9.90 Å². The van der Waals surface area contributed by atoms with E-state index in [9.17, 15) is 9.90 Å². The van der Waals surface area contributed by atoms with E-state index < -0.39 is 6.10 Å². The first-order valence-electron chi connectivity index (χ1n) is 7.55. The van der Waals surface area contributed by atoms with Crippen molar-refractivity contribution in [3.63, 3.8) is 0 Å². The molecule has 6 heteroatoms. The number of aliphatic hydroxyl groups excluding tert-OH is 1. The Morgan fingerprint density at radius 3 is 2.95 bits per heavy atom. The maximum atomic E-state index is 12.2.